The molecule has 0 amide bonds. The summed E-state index contributed by atoms with van der Waals surface area (Å²) < 4.78 is 29.8. The molecule has 6 aromatic carbocycles. The summed E-state index contributed by atoms with van der Waals surface area (Å²) in [4.78, 5) is 32.5. The maximum Gasteiger partial charge on any atom is 3.00 e. The molecule has 0 aliphatic carbocycles. The molecule has 0 heterocycles. The van der Waals surface area contributed by atoms with Crippen LogP contribution in [0.1, 0.15) is 33.4 Å². The summed E-state index contributed by atoms with van der Waals surface area (Å²) in [5.41, 5.74) is 70.3. The summed E-state index contributed by atoms with van der Waals surface area (Å²) in [6, 6.07) is 30.1. The SMILES string of the molecule is COc1cccc(C=NCCN=Cc2cccc(OC)c2[O-])c1[O-].COc1cccc(C=NCCN=Cc2cccc(OC)c2[O-])c1[O-].COc1cccc(C=NCCN=Cc2cccc(OC)c2[O-])c1[O-].[Eu+3].[Eu+3].[Eu+3].[N-]=[N+]=[N-].[N-]=[N+]=[N-].[N-]=[N+]=[N-].[N-]=[N+]=[N-].[N-]=[N+]=[N-].[OH-].[OH-].[Zn+2].[Zn+2]. The molecule has 0 unspecified atom stereocenters. The monoisotopic (exact) mass is 1810 g/mol. The number of hydrogen-bond donors (Lipinski definition) is 0. The molecular formula is C54H56Eu3N21O14Zn2. The van der Waals surface area contributed by atoms with Crippen molar-refractivity contribution in [2.75, 3.05) is 81.9 Å². The van der Waals surface area contributed by atoms with Crippen LogP contribution in [0.2, 0.25) is 0 Å². The number of hydrogen-bond acceptors (Lipinski definition) is 20. The van der Waals surface area contributed by atoms with Crippen LogP contribution in [0, 0.1) is 148 Å². The van der Waals surface area contributed by atoms with Crippen molar-refractivity contribution in [3.05, 3.63) is 222 Å². The van der Waals surface area contributed by atoms with Gasteiger partial charge in [0.15, 0.2) is 0 Å². The van der Waals surface area contributed by atoms with Gasteiger partial charge >= 0.3 is 187 Å². The van der Waals surface area contributed by atoms with E-state index in [1.165, 1.54) is 105 Å². The summed E-state index contributed by atoms with van der Waals surface area (Å²) in [5.74, 6) is 0.570. The van der Waals surface area contributed by atoms with Crippen LogP contribution in [-0.4, -0.2) is 130 Å². The minimum Gasteiger partial charge on any atom is -0.870 e. The Hall–Kier alpha value is -6.59. The molecular weight excluding hydrogens is 1750 g/mol. The molecule has 0 radical (unpaired) electrons. The first-order valence-corrected chi connectivity index (χ1v) is 24.0. The molecule has 0 atom stereocenters. The standard InChI is InChI=1S/3C18H20N2O4.3Eu.5N3.2H2O.2Zn/c3*1-23-15-7-3-5-13(17(15)21)11-19-9-10-20-12-14-6-4-8-16(24-2)18(14)22;;;;5*1-3-2;;;;/h3*3-8,11-12,21-22H,9-10H2,1-2H3;;;;;;;;;2*1H2;;/q;;;3*+3;5*-1;;;2*+2/p-8. The third-order valence-electron chi connectivity index (χ3n) is 9.83. The quantitative estimate of drug-likeness (QED) is 0.0164. The van der Waals surface area contributed by atoms with Crippen LogP contribution in [0.25, 0.3) is 79.9 Å². The Morgan fingerprint density at radius 3 is 0.479 bits per heavy atom. The van der Waals surface area contributed by atoms with Crippen LogP contribution < -0.4 is 59.1 Å². The molecule has 0 fully saturated rings. The van der Waals surface area contributed by atoms with E-state index in [1.54, 1.807) is 109 Å². The van der Waals surface area contributed by atoms with Crippen molar-refractivity contribution in [1.29, 1.82) is 0 Å². The van der Waals surface area contributed by atoms with E-state index in [2.05, 4.69) is 30.0 Å². The molecule has 0 spiro atoms. The van der Waals surface area contributed by atoms with E-state index >= 15 is 0 Å². The predicted molar refractivity (Wildman–Crippen MR) is 324 cm³/mol. The van der Waals surface area contributed by atoms with Crippen LogP contribution in [-0.2, 0) is 39.0 Å². The van der Waals surface area contributed by atoms with E-state index in [9.17, 15) is 30.6 Å². The van der Waals surface area contributed by atoms with Crippen molar-refractivity contribution in [1.82, 2.24) is 0 Å². The Bertz CT molecular complexity index is 2840. The average molecular weight is 1810 g/mol. The number of methoxy groups -OCH3 is 6. The Balaban J connectivity index is -0.000000143. The van der Waals surface area contributed by atoms with E-state index in [0.717, 1.165) is 0 Å². The van der Waals surface area contributed by atoms with Crippen LogP contribution in [0.3, 0.4) is 0 Å². The number of ether oxygens (including phenoxy) is 6. The Morgan fingerprint density at radius 1 is 0.277 bits per heavy atom. The predicted octanol–water partition coefficient (Wildman–Crippen LogP) is 8.14. The van der Waals surface area contributed by atoms with Gasteiger partial charge in [0.1, 0.15) is 34.5 Å². The van der Waals surface area contributed by atoms with Crippen LogP contribution >= 0.6 is 0 Å². The van der Waals surface area contributed by atoms with Crippen molar-refractivity contribution in [3.63, 3.8) is 0 Å². The fraction of sp³-hybridized carbons (Fsp3) is 0.222. The zero-order valence-electron chi connectivity index (χ0n) is 50.8. The normalized spacial score (nSPS) is 9.04. The summed E-state index contributed by atoms with van der Waals surface area (Å²) in [7, 11) is 8.72. The fourth-order valence-corrected chi connectivity index (χ4v) is 6.10. The number of nitrogens with zero attached hydrogens (tertiary/aromatic N) is 21. The van der Waals surface area contributed by atoms with Crippen LogP contribution in [0.4, 0.5) is 0 Å². The molecule has 35 nitrogen and oxygen atoms in total. The van der Waals surface area contributed by atoms with Crippen molar-refractivity contribution >= 4 is 37.3 Å². The largest absolute Gasteiger partial charge is 3.00 e. The van der Waals surface area contributed by atoms with Gasteiger partial charge in [0, 0.05) is 37.3 Å². The Kier molecular flexibility index (Phi) is 79.9. The number of benzene rings is 6. The van der Waals surface area contributed by atoms with E-state index in [-0.39, 0.29) is 267 Å². The molecule has 0 bridgehead atoms. The van der Waals surface area contributed by atoms with Crippen molar-refractivity contribution in [2.45, 2.75) is 0 Å². The summed E-state index contributed by atoms with van der Waals surface area (Å²) in [5, 5.41) is 71.5. The smallest absolute Gasteiger partial charge is 0.870 e. The van der Waals surface area contributed by atoms with Gasteiger partial charge in [-0.1, -0.05) is 107 Å². The molecule has 94 heavy (non-hydrogen) atoms. The third kappa shape index (κ3) is 44.9. The Labute approximate surface area is 688 Å². The molecule has 0 aromatic heterocycles. The molecule has 0 aliphatic rings. The van der Waals surface area contributed by atoms with Gasteiger partial charge in [-0.15, -0.1) is 0 Å². The molecule has 6 rings (SSSR count). The van der Waals surface area contributed by atoms with Gasteiger partial charge in [0.05, 0.1) is 81.9 Å². The van der Waals surface area contributed by atoms with E-state index in [1.807, 2.05) is 0 Å². The van der Waals surface area contributed by atoms with E-state index in [0.29, 0.717) is 72.6 Å². The first-order chi connectivity index (χ1) is 42.1. The minimum absolute atomic E-state index is 0. The molecule has 0 saturated carbocycles. The molecule has 6 aromatic rings. The number of aliphatic imine (C=N–C) groups is 6. The van der Waals surface area contributed by atoms with E-state index in [4.69, 9.17) is 83.7 Å². The molecule has 2 N–H and O–H groups in total. The van der Waals surface area contributed by atoms with Crippen molar-refractivity contribution < 1.29 is 257 Å². The van der Waals surface area contributed by atoms with Gasteiger partial charge < -0.3 is 125 Å². The van der Waals surface area contributed by atoms with Gasteiger partial charge in [-0.25, -0.2) is 0 Å². The van der Waals surface area contributed by atoms with Crippen LogP contribution in [0.5, 0.6) is 69.0 Å². The molecule has 0 aliphatic heterocycles. The van der Waals surface area contributed by atoms with Gasteiger partial charge in [-0.05, 0) is 69.8 Å². The summed E-state index contributed by atoms with van der Waals surface area (Å²) in [6.45, 7) is 2.45. The zero-order valence-corrected chi connectivity index (χ0v) is 64.0. The van der Waals surface area contributed by atoms with Crippen molar-refractivity contribution in [2.24, 2.45) is 30.0 Å². The summed E-state index contributed by atoms with van der Waals surface area (Å²) in [6.07, 6.45) is 9.03. The zero-order chi connectivity index (χ0) is 65.6. The van der Waals surface area contributed by atoms with Crippen molar-refractivity contribution in [3.8, 4) is 69.0 Å². The molecule has 40 heteroatoms. The Morgan fingerprint density at radius 2 is 0.383 bits per heavy atom. The molecule has 0 saturated heterocycles. The van der Waals surface area contributed by atoms with Gasteiger partial charge in [0.25, 0.3) is 0 Å². The average Bonchev–Trinajstić information content (AvgIpc) is 1.03. The summed E-state index contributed by atoms with van der Waals surface area (Å²) >= 11 is 0. The van der Waals surface area contributed by atoms with Gasteiger partial charge in [-0.3, -0.25) is 54.5 Å². The van der Waals surface area contributed by atoms with Crippen LogP contribution in [0.15, 0.2) is 139 Å². The third-order valence-corrected chi connectivity index (χ3v) is 9.83. The number of rotatable bonds is 21. The maximum atomic E-state index is 11.9. The number of para-hydroxylation sites is 6. The second kappa shape index (κ2) is 70.7. The first kappa shape index (κ1) is 106. The second-order valence-electron chi connectivity index (χ2n) is 14.9. The fourth-order valence-electron chi connectivity index (χ4n) is 6.10. The minimum atomic E-state index is -0.195. The van der Waals surface area contributed by atoms with Gasteiger partial charge in [0.2, 0.25) is 0 Å². The van der Waals surface area contributed by atoms with Gasteiger partial charge in [-0.2, -0.15) is 0 Å². The maximum absolute atomic E-state index is 11.9. The first-order valence-electron chi connectivity index (χ1n) is 24.0. The second-order valence-corrected chi connectivity index (χ2v) is 14.9. The molecule has 486 valence electrons. The topological polar surface area (TPSA) is 621 Å². The van der Waals surface area contributed by atoms with E-state index < -0.39 is 0 Å².